The Balaban J connectivity index is 2.03. The zero-order chi connectivity index (χ0) is 23.5. The number of aromatic nitrogens is 2. The van der Waals surface area contributed by atoms with Crippen molar-refractivity contribution < 1.29 is 33.7 Å². The number of hydrogen-bond donors (Lipinski definition) is 3. The predicted octanol–water partition coefficient (Wildman–Crippen LogP) is 0.301. The fraction of sp³-hybridized carbons (Fsp3) is 0.350. The Bertz CT molecular complexity index is 1150. The van der Waals surface area contributed by atoms with Crippen LogP contribution in [0.1, 0.15) is 23.0 Å². The van der Waals surface area contributed by atoms with Crippen molar-refractivity contribution in [2.24, 2.45) is 5.92 Å². The summed E-state index contributed by atoms with van der Waals surface area (Å²) in [5.74, 6) is -0.934. The molecule has 3 rings (SSSR count). The van der Waals surface area contributed by atoms with Gasteiger partial charge in [0.2, 0.25) is 0 Å². The number of ether oxygens (including phenoxy) is 2. The van der Waals surface area contributed by atoms with Crippen LogP contribution in [0.2, 0.25) is 0 Å². The molecular formula is C20H23N2O9P. The third-order valence-electron chi connectivity index (χ3n) is 5.07. The molecule has 0 aliphatic carbocycles. The molecule has 1 saturated heterocycles. The van der Waals surface area contributed by atoms with Crippen LogP contribution in [-0.2, 0) is 14.0 Å². The summed E-state index contributed by atoms with van der Waals surface area (Å²) in [5, 5.41) is 10.7. The highest BCUT2D eigenvalue weighted by Gasteiger charge is 2.44. The maximum absolute atomic E-state index is 13.1. The van der Waals surface area contributed by atoms with Crippen molar-refractivity contribution >= 4 is 13.5 Å². The Kier molecular flexibility index (Phi) is 7.40. The van der Waals surface area contributed by atoms with E-state index in [4.69, 9.17) is 19.3 Å². The van der Waals surface area contributed by atoms with E-state index in [1.54, 1.807) is 18.2 Å². The minimum Gasteiger partial charge on any atom is -0.390 e. The quantitative estimate of drug-likeness (QED) is 0.488. The highest BCUT2D eigenvalue weighted by Crippen LogP contribution is 2.40. The van der Waals surface area contributed by atoms with Crippen LogP contribution in [0, 0.1) is 5.92 Å². The zero-order valence-electron chi connectivity index (χ0n) is 17.1. The number of rotatable bonds is 7. The molecule has 2 heterocycles. The molecule has 32 heavy (non-hydrogen) atoms. The molecule has 2 aromatic rings. The number of hydrogen-bond acceptors (Lipinski definition) is 7. The summed E-state index contributed by atoms with van der Waals surface area (Å²) < 4.78 is 23.4. The molecule has 0 bridgehead atoms. The van der Waals surface area contributed by atoms with Gasteiger partial charge in [-0.2, -0.15) is 4.57 Å². The molecule has 1 aliphatic rings. The van der Waals surface area contributed by atoms with E-state index in [2.05, 4.69) is 0 Å². The van der Waals surface area contributed by atoms with Crippen LogP contribution in [0.15, 0.2) is 64.1 Å². The Hall–Kier alpha value is -2.66. The normalized spacial score (nSPS) is 23.6. The maximum atomic E-state index is 13.1. The fourth-order valence-electron chi connectivity index (χ4n) is 3.53. The Morgan fingerprint density at radius 3 is 2.53 bits per heavy atom. The minimum absolute atomic E-state index is 0.134. The number of methoxy groups -OCH3 is 1. The first-order valence-corrected chi connectivity index (χ1v) is 11.3. The molecule has 3 N–H and O–H groups in total. The summed E-state index contributed by atoms with van der Waals surface area (Å²) in [5.41, 5.74) is -1.66. The van der Waals surface area contributed by atoms with Gasteiger partial charge < -0.3 is 24.4 Å². The average Bonchev–Trinajstić information content (AvgIpc) is 3.06. The number of carbonyl (C=O) groups is 1. The molecule has 1 aliphatic heterocycles. The third kappa shape index (κ3) is 5.21. The van der Waals surface area contributed by atoms with Gasteiger partial charge in [0, 0.05) is 43.3 Å². The third-order valence-corrected chi connectivity index (χ3v) is 5.63. The lowest BCUT2D eigenvalue weighted by Crippen LogP contribution is -2.45. The van der Waals surface area contributed by atoms with Crippen LogP contribution in [0.3, 0.4) is 0 Å². The predicted molar refractivity (Wildman–Crippen MR) is 112 cm³/mol. The van der Waals surface area contributed by atoms with Crippen LogP contribution in [0.4, 0.5) is 0 Å². The van der Waals surface area contributed by atoms with Gasteiger partial charge in [0.05, 0.1) is 6.10 Å². The molecular weight excluding hydrogens is 443 g/mol. The van der Waals surface area contributed by atoms with E-state index in [-0.39, 0.29) is 18.6 Å². The van der Waals surface area contributed by atoms with E-state index < -0.39 is 49.1 Å². The van der Waals surface area contributed by atoms with Crippen LogP contribution in [0.25, 0.3) is 0 Å². The van der Waals surface area contributed by atoms with Crippen molar-refractivity contribution in [3.63, 3.8) is 0 Å². The molecule has 4 atom stereocenters. The van der Waals surface area contributed by atoms with E-state index in [1.165, 1.54) is 19.2 Å². The van der Waals surface area contributed by atoms with Gasteiger partial charge in [-0.1, -0.05) is 18.2 Å². The van der Waals surface area contributed by atoms with E-state index in [0.29, 0.717) is 10.4 Å². The van der Waals surface area contributed by atoms with E-state index >= 15 is 0 Å². The number of benzene rings is 1. The van der Waals surface area contributed by atoms with Gasteiger partial charge in [-0.15, -0.1) is 0 Å². The second-order valence-electron chi connectivity index (χ2n) is 7.21. The Labute approximate surface area is 182 Å². The largest absolute Gasteiger partial charge is 0.390 e. The lowest BCUT2D eigenvalue weighted by Gasteiger charge is -2.22. The monoisotopic (exact) mass is 466 g/mol. The van der Waals surface area contributed by atoms with Crippen molar-refractivity contribution in [2.75, 3.05) is 13.7 Å². The lowest BCUT2D eigenvalue weighted by atomic mass is 9.96. The van der Waals surface area contributed by atoms with Crippen molar-refractivity contribution in [1.29, 1.82) is 0 Å². The summed E-state index contributed by atoms with van der Waals surface area (Å²) in [6.07, 6.45) is -1.05. The molecule has 0 amide bonds. The molecule has 12 heteroatoms. The fourth-order valence-corrected chi connectivity index (χ4v) is 3.93. The highest BCUT2D eigenvalue weighted by molar-refractivity contribution is 7.55. The molecule has 172 valence electrons. The van der Waals surface area contributed by atoms with E-state index in [0.717, 1.165) is 22.9 Å². The average molecular weight is 466 g/mol. The minimum atomic E-state index is -4.50. The lowest BCUT2D eigenvalue weighted by molar-refractivity contribution is -0.00599. The number of carbonyl (C=O) groups excluding carboxylic acids is 1. The molecule has 1 aromatic heterocycles. The van der Waals surface area contributed by atoms with Crippen LogP contribution >= 0.6 is 7.60 Å². The van der Waals surface area contributed by atoms with E-state index in [9.17, 15) is 24.1 Å². The van der Waals surface area contributed by atoms with Gasteiger partial charge in [-0.25, -0.2) is 4.79 Å². The molecule has 0 saturated carbocycles. The van der Waals surface area contributed by atoms with Gasteiger partial charge >= 0.3 is 13.3 Å². The second-order valence-corrected chi connectivity index (χ2v) is 8.68. The van der Waals surface area contributed by atoms with Crippen molar-refractivity contribution in [3.05, 3.63) is 80.9 Å². The molecule has 1 fully saturated rings. The zero-order valence-corrected chi connectivity index (χ0v) is 17.9. The first kappa shape index (κ1) is 24.0. The summed E-state index contributed by atoms with van der Waals surface area (Å²) in [6.45, 7) is 0.202. The van der Waals surface area contributed by atoms with Crippen LogP contribution in [-0.4, -0.2) is 55.9 Å². The SMILES string of the molecule is COCC[C@@H]1[C@H](O)[C@@H](/C=C/P(=O)(O)O)O[C@H]1n1ccc(=O)n(C(=O)c2ccccc2)c1=O. The van der Waals surface area contributed by atoms with Gasteiger partial charge in [-0.05, 0) is 24.6 Å². The topological polar surface area (TPSA) is 157 Å². The molecule has 0 unspecified atom stereocenters. The van der Waals surface area contributed by atoms with Gasteiger partial charge in [0.15, 0.2) is 0 Å². The Morgan fingerprint density at radius 2 is 1.91 bits per heavy atom. The molecule has 1 aromatic carbocycles. The summed E-state index contributed by atoms with van der Waals surface area (Å²) in [7, 11) is -3.05. The molecule has 11 nitrogen and oxygen atoms in total. The summed E-state index contributed by atoms with van der Waals surface area (Å²) >= 11 is 0. The first-order valence-electron chi connectivity index (χ1n) is 9.65. The standard InChI is InChI=1S/C20H23N2O9P/c1-30-11-8-14-17(24)15(9-12-32(27,28)29)31-19(14)21-10-7-16(23)22(20(21)26)18(25)13-5-3-2-4-6-13/h2-7,9-10,12,14-15,17,19,24H,8,11H2,1H3,(H2,27,28,29)/b12-9+/t14-,15-,17+,19-/m1/s1. The number of aliphatic hydroxyl groups excluding tert-OH is 1. The Morgan fingerprint density at radius 1 is 1.22 bits per heavy atom. The van der Waals surface area contributed by atoms with Crippen molar-refractivity contribution in [2.45, 2.75) is 24.9 Å². The molecule has 0 radical (unpaired) electrons. The van der Waals surface area contributed by atoms with Crippen LogP contribution < -0.4 is 11.2 Å². The highest BCUT2D eigenvalue weighted by atomic mass is 31.2. The van der Waals surface area contributed by atoms with E-state index in [1.807, 2.05) is 0 Å². The molecule has 0 spiro atoms. The van der Waals surface area contributed by atoms with Gasteiger partial charge in [0.1, 0.15) is 12.3 Å². The number of nitrogens with zero attached hydrogens (tertiary/aromatic N) is 2. The van der Waals surface area contributed by atoms with Gasteiger partial charge in [-0.3, -0.25) is 18.7 Å². The number of aliphatic hydroxyl groups is 1. The first-order chi connectivity index (χ1) is 15.1. The summed E-state index contributed by atoms with van der Waals surface area (Å²) in [4.78, 5) is 56.4. The van der Waals surface area contributed by atoms with Crippen LogP contribution in [0.5, 0.6) is 0 Å². The second kappa shape index (κ2) is 9.86. The van der Waals surface area contributed by atoms with Crippen molar-refractivity contribution in [1.82, 2.24) is 9.13 Å². The van der Waals surface area contributed by atoms with Crippen molar-refractivity contribution in [3.8, 4) is 0 Å². The maximum Gasteiger partial charge on any atom is 0.348 e. The summed E-state index contributed by atoms with van der Waals surface area (Å²) in [6, 6.07) is 8.83. The smallest absolute Gasteiger partial charge is 0.348 e. The van der Waals surface area contributed by atoms with Gasteiger partial charge in [0.25, 0.3) is 11.5 Å².